The lowest BCUT2D eigenvalue weighted by atomic mass is 10.3. The number of aromatic carboxylic acids is 1. The quantitative estimate of drug-likeness (QED) is 0.855. The van der Waals surface area contributed by atoms with Crippen LogP contribution in [0, 0.1) is 6.92 Å². The number of hydrogen-bond acceptors (Lipinski definition) is 4. The Morgan fingerprint density at radius 3 is 2.71 bits per heavy atom. The second-order valence-electron chi connectivity index (χ2n) is 2.84. The van der Waals surface area contributed by atoms with Crippen molar-refractivity contribution in [3.8, 4) is 9.75 Å². The number of aryl methyl sites for hydroxylation is 1. The zero-order valence-corrected chi connectivity index (χ0v) is 8.98. The average molecular weight is 225 g/mol. The van der Waals surface area contributed by atoms with E-state index in [9.17, 15) is 4.79 Å². The topological polar surface area (TPSA) is 50.2 Å². The molecule has 0 saturated heterocycles. The molecule has 0 unspecified atom stereocenters. The van der Waals surface area contributed by atoms with Gasteiger partial charge in [-0.15, -0.1) is 11.3 Å². The van der Waals surface area contributed by atoms with E-state index in [1.165, 1.54) is 22.9 Å². The third-order valence-electron chi connectivity index (χ3n) is 1.72. The van der Waals surface area contributed by atoms with E-state index in [1.54, 1.807) is 11.4 Å². The molecule has 14 heavy (non-hydrogen) atoms. The van der Waals surface area contributed by atoms with Crippen molar-refractivity contribution in [1.82, 2.24) is 4.37 Å². The molecule has 2 heterocycles. The average Bonchev–Trinajstić information content (AvgIpc) is 2.70. The summed E-state index contributed by atoms with van der Waals surface area (Å²) >= 11 is 2.83. The van der Waals surface area contributed by atoms with Crippen molar-refractivity contribution >= 4 is 28.8 Å². The fraction of sp³-hybridized carbons (Fsp3) is 0.111. The zero-order chi connectivity index (χ0) is 10.1. The Balaban J connectivity index is 2.38. The molecule has 0 aliphatic heterocycles. The Morgan fingerprint density at radius 2 is 2.21 bits per heavy atom. The van der Waals surface area contributed by atoms with E-state index in [2.05, 4.69) is 4.37 Å². The molecule has 0 aliphatic carbocycles. The first-order chi connectivity index (χ1) is 6.66. The Bertz CT molecular complexity index is 473. The van der Waals surface area contributed by atoms with Crippen molar-refractivity contribution < 1.29 is 9.90 Å². The minimum Gasteiger partial charge on any atom is -0.478 e. The first-order valence-electron chi connectivity index (χ1n) is 3.92. The summed E-state index contributed by atoms with van der Waals surface area (Å²) in [6.07, 6.45) is 0. The summed E-state index contributed by atoms with van der Waals surface area (Å²) in [5, 5.41) is 10.4. The first-order valence-corrected chi connectivity index (χ1v) is 5.57. The fourth-order valence-electron chi connectivity index (χ4n) is 1.06. The predicted octanol–water partition coefficient (Wildman–Crippen LogP) is 2.88. The third-order valence-corrected chi connectivity index (χ3v) is 3.72. The molecule has 72 valence electrons. The summed E-state index contributed by atoms with van der Waals surface area (Å²) in [5.74, 6) is -0.881. The highest BCUT2D eigenvalue weighted by molar-refractivity contribution is 7.19. The minimum atomic E-state index is -0.881. The van der Waals surface area contributed by atoms with Gasteiger partial charge >= 0.3 is 5.97 Å². The highest BCUT2D eigenvalue weighted by atomic mass is 32.1. The van der Waals surface area contributed by atoms with Gasteiger partial charge in [0.15, 0.2) is 0 Å². The van der Waals surface area contributed by atoms with Crippen LogP contribution in [0.1, 0.15) is 16.1 Å². The van der Waals surface area contributed by atoms with E-state index in [-0.39, 0.29) is 0 Å². The van der Waals surface area contributed by atoms with Gasteiger partial charge in [0, 0.05) is 10.3 Å². The van der Waals surface area contributed by atoms with Crippen LogP contribution in [0.2, 0.25) is 0 Å². The first kappa shape index (κ1) is 9.36. The van der Waals surface area contributed by atoms with Crippen LogP contribution in [-0.4, -0.2) is 15.4 Å². The SMILES string of the molecule is Cc1cc(-c2cc(C(=O)O)cs2)sn1. The molecule has 0 atom stereocenters. The van der Waals surface area contributed by atoms with Crippen molar-refractivity contribution in [1.29, 1.82) is 0 Å². The molecule has 2 aromatic heterocycles. The molecule has 0 saturated carbocycles. The zero-order valence-electron chi connectivity index (χ0n) is 7.35. The second-order valence-corrected chi connectivity index (χ2v) is 4.55. The molecule has 0 bridgehead atoms. The molecule has 0 aromatic carbocycles. The number of nitrogens with zero attached hydrogens (tertiary/aromatic N) is 1. The van der Waals surface area contributed by atoms with Crippen LogP contribution in [0.25, 0.3) is 9.75 Å². The lowest BCUT2D eigenvalue weighted by Crippen LogP contribution is -1.91. The van der Waals surface area contributed by atoms with E-state index < -0.39 is 5.97 Å². The van der Waals surface area contributed by atoms with E-state index in [4.69, 9.17) is 5.11 Å². The molecular formula is C9H7NO2S2. The Morgan fingerprint density at radius 1 is 1.43 bits per heavy atom. The number of aromatic nitrogens is 1. The van der Waals surface area contributed by atoms with Gasteiger partial charge in [0.1, 0.15) is 0 Å². The number of thiophene rings is 1. The smallest absolute Gasteiger partial charge is 0.336 e. The number of carbonyl (C=O) groups is 1. The number of carboxylic acid groups (broad SMARTS) is 1. The molecule has 2 rings (SSSR count). The third kappa shape index (κ3) is 1.69. The molecule has 5 heteroatoms. The Hall–Kier alpha value is -1.20. The molecule has 2 aromatic rings. The molecule has 0 radical (unpaired) electrons. The van der Waals surface area contributed by atoms with Gasteiger partial charge in [0.2, 0.25) is 0 Å². The van der Waals surface area contributed by atoms with Gasteiger partial charge in [0.05, 0.1) is 16.1 Å². The Labute approximate surface area is 88.8 Å². The van der Waals surface area contributed by atoms with Gasteiger partial charge in [-0.1, -0.05) is 0 Å². The summed E-state index contributed by atoms with van der Waals surface area (Å²) in [6.45, 7) is 1.92. The lowest BCUT2D eigenvalue weighted by Gasteiger charge is -1.85. The van der Waals surface area contributed by atoms with Gasteiger partial charge in [-0.25, -0.2) is 4.79 Å². The molecule has 0 spiro atoms. The van der Waals surface area contributed by atoms with E-state index in [0.717, 1.165) is 15.4 Å². The van der Waals surface area contributed by atoms with E-state index in [1.807, 2.05) is 13.0 Å². The maximum Gasteiger partial charge on any atom is 0.336 e. The molecule has 0 fully saturated rings. The van der Waals surface area contributed by atoms with Gasteiger partial charge in [-0.05, 0) is 30.6 Å². The van der Waals surface area contributed by atoms with Crippen LogP contribution >= 0.6 is 22.9 Å². The fourth-order valence-corrected chi connectivity index (χ4v) is 2.77. The summed E-state index contributed by atoms with van der Waals surface area (Å²) in [4.78, 5) is 12.6. The maximum atomic E-state index is 10.6. The molecule has 0 amide bonds. The van der Waals surface area contributed by atoms with Crippen molar-refractivity contribution in [2.75, 3.05) is 0 Å². The number of rotatable bonds is 2. The molecule has 1 N–H and O–H groups in total. The van der Waals surface area contributed by atoms with Crippen LogP contribution in [0.4, 0.5) is 0 Å². The highest BCUT2D eigenvalue weighted by Gasteiger charge is 2.09. The van der Waals surface area contributed by atoms with Crippen LogP contribution < -0.4 is 0 Å². The lowest BCUT2D eigenvalue weighted by molar-refractivity contribution is 0.0697. The van der Waals surface area contributed by atoms with E-state index in [0.29, 0.717) is 5.56 Å². The van der Waals surface area contributed by atoms with Crippen molar-refractivity contribution in [3.63, 3.8) is 0 Å². The van der Waals surface area contributed by atoms with Crippen molar-refractivity contribution in [2.24, 2.45) is 0 Å². The van der Waals surface area contributed by atoms with E-state index >= 15 is 0 Å². The second kappa shape index (κ2) is 3.51. The van der Waals surface area contributed by atoms with Crippen LogP contribution in [0.3, 0.4) is 0 Å². The summed E-state index contributed by atoms with van der Waals surface area (Å²) in [6, 6.07) is 3.64. The monoisotopic (exact) mass is 225 g/mol. The number of carboxylic acids is 1. The van der Waals surface area contributed by atoms with Crippen molar-refractivity contribution in [2.45, 2.75) is 6.92 Å². The summed E-state index contributed by atoms with van der Waals surface area (Å²) in [5.41, 5.74) is 1.31. The Kier molecular flexibility index (Phi) is 2.35. The maximum absolute atomic E-state index is 10.6. The van der Waals surface area contributed by atoms with Gasteiger partial charge in [-0.2, -0.15) is 4.37 Å². The summed E-state index contributed by atoms with van der Waals surface area (Å²) in [7, 11) is 0. The van der Waals surface area contributed by atoms with Gasteiger partial charge < -0.3 is 5.11 Å². The molecule has 0 aliphatic rings. The summed E-state index contributed by atoms with van der Waals surface area (Å²) < 4.78 is 4.15. The van der Waals surface area contributed by atoms with Crippen LogP contribution in [0.5, 0.6) is 0 Å². The predicted molar refractivity (Wildman–Crippen MR) is 57.1 cm³/mol. The minimum absolute atomic E-state index is 0.344. The van der Waals surface area contributed by atoms with Gasteiger partial charge in [-0.3, -0.25) is 0 Å². The number of hydrogen-bond donors (Lipinski definition) is 1. The standard InChI is InChI=1S/C9H7NO2S2/c1-5-2-8(14-10-5)7-3-6(4-13-7)9(11)12/h2-4H,1H3,(H,11,12). The molecule has 3 nitrogen and oxygen atoms in total. The van der Waals surface area contributed by atoms with Crippen molar-refractivity contribution in [3.05, 3.63) is 28.8 Å². The highest BCUT2D eigenvalue weighted by Crippen LogP contribution is 2.30. The largest absolute Gasteiger partial charge is 0.478 e. The normalized spacial score (nSPS) is 10.4. The van der Waals surface area contributed by atoms with Gasteiger partial charge in [0.25, 0.3) is 0 Å². The van der Waals surface area contributed by atoms with Crippen LogP contribution in [-0.2, 0) is 0 Å². The molecular weight excluding hydrogens is 218 g/mol. The van der Waals surface area contributed by atoms with Crippen LogP contribution in [0.15, 0.2) is 17.5 Å².